The van der Waals surface area contributed by atoms with Crippen molar-refractivity contribution in [3.05, 3.63) is 30.3 Å². The Balaban J connectivity index is 1.12. The summed E-state index contributed by atoms with van der Waals surface area (Å²) in [5.74, 6) is 1.85. The zero-order chi connectivity index (χ0) is 26.2. The lowest BCUT2D eigenvalue weighted by Gasteiger charge is -2.35. The summed E-state index contributed by atoms with van der Waals surface area (Å²) < 4.78 is 5.46. The first kappa shape index (κ1) is 27.0. The van der Waals surface area contributed by atoms with Crippen molar-refractivity contribution in [3.8, 4) is 0 Å². The average molecular weight is 541 g/mol. The van der Waals surface area contributed by atoms with Gasteiger partial charge in [0.1, 0.15) is 11.6 Å². The molecule has 0 spiro atoms. The maximum Gasteiger partial charge on any atom is 0.236 e. The monoisotopic (exact) mass is 540 g/mol. The van der Waals surface area contributed by atoms with Gasteiger partial charge in [-0.1, -0.05) is 11.8 Å². The van der Waals surface area contributed by atoms with Crippen LogP contribution in [0.5, 0.6) is 0 Å². The number of likely N-dealkylation sites (tertiary alicyclic amines) is 1. The van der Waals surface area contributed by atoms with Gasteiger partial charge in [-0.05, 0) is 56.5 Å². The Labute approximate surface area is 230 Å². The van der Waals surface area contributed by atoms with Gasteiger partial charge < -0.3 is 35.0 Å². The topological polar surface area (TPSA) is 89.1 Å². The van der Waals surface area contributed by atoms with E-state index in [1.807, 2.05) is 17.2 Å². The van der Waals surface area contributed by atoms with E-state index in [0.717, 1.165) is 75.0 Å². The van der Waals surface area contributed by atoms with Crippen LogP contribution in [0.1, 0.15) is 12.8 Å². The molecule has 206 valence electrons. The number of hydrogen-bond donors (Lipinski definition) is 2. The molecule has 0 aliphatic carbocycles. The van der Waals surface area contributed by atoms with Gasteiger partial charge in [-0.25, -0.2) is 9.97 Å². The van der Waals surface area contributed by atoms with Crippen LogP contribution < -0.4 is 20.4 Å². The molecule has 0 unspecified atom stereocenters. The molecule has 0 radical (unpaired) electrons. The van der Waals surface area contributed by atoms with Gasteiger partial charge in [0.25, 0.3) is 0 Å². The second kappa shape index (κ2) is 13.5. The average Bonchev–Trinajstić information content (AvgIpc) is 3.50. The molecule has 1 aromatic carbocycles. The number of nitrogens with one attached hydrogen (secondary N) is 2. The summed E-state index contributed by atoms with van der Waals surface area (Å²) in [5.41, 5.74) is 2.20. The highest BCUT2D eigenvalue weighted by atomic mass is 32.2. The summed E-state index contributed by atoms with van der Waals surface area (Å²) in [6, 6.07) is 10.5. The third-order valence-electron chi connectivity index (χ3n) is 7.43. The van der Waals surface area contributed by atoms with Crippen LogP contribution in [-0.2, 0) is 9.53 Å². The number of anilines is 4. The number of rotatable bonds is 10. The molecule has 0 atom stereocenters. The van der Waals surface area contributed by atoms with Gasteiger partial charge in [-0.3, -0.25) is 4.79 Å². The number of amides is 1. The molecule has 2 aromatic rings. The molecule has 4 heterocycles. The Kier molecular flexibility index (Phi) is 9.56. The third-order valence-corrected chi connectivity index (χ3v) is 7.97. The van der Waals surface area contributed by atoms with Crippen molar-refractivity contribution in [1.29, 1.82) is 0 Å². The van der Waals surface area contributed by atoms with Crippen LogP contribution in [-0.4, -0.2) is 117 Å². The van der Waals surface area contributed by atoms with Gasteiger partial charge in [-0.2, -0.15) is 0 Å². The van der Waals surface area contributed by atoms with Crippen molar-refractivity contribution in [2.75, 3.05) is 107 Å². The van der Waals surface area contributed by atoms with E-state index in [1.165, 1.54) is 43.4 Å². The molecule has 2 N–H and O–H groups in total. The minimum atomic E-state index is 0.182. The van der Waals surface area contributed by atoms with Crippen LogP contribution in [0.4, 0.5) is 23.0 Å². The third kappa shape index (κ3) is 7.28. The van der Waals surface area contributed by atoms with Crippen LogP contribution in [0.2, 0.25) is 0 Å². The molecule has 3 aliphatic heterocycles. The quantitative estimate of drug-likeness (QED) is 0.265. The van der Waals surface area contributed by atoms with E-state index in [0.29, 0.717) is 19.6 Å². The lowest BCUT2D eigenvalue weighted by Crippen LogP contribution is -2.51. The molecule has 0 bridgehead atoms. The predicted molar refractivity (Wildman–Crippen MR) is 154 cm³/mol. The van der Waals surface area contributed by atoms with Crippen LogP contribution in [0.3, 0.4) is 0 Å². The Morgan fingerprint density at radius 1 is 0.947 bits per heavy atom. The van der Waals surface area contributed by atoms with Crippen molar-refractivity contribution in [1.82, 2.24) is 25.1 Å². The molecular formula is C27H40N8O2S. The summed E-state index contributed by atoms with van der Waals surface area (Å²) in [6.07, 6.45) is 4.59. The normalized spacial score (nSPS) is 18.7. The first-order valence-corrected chi connectivity index (χ1v) is 15.0. The lowest BCUT2D eigenvalue weighted by molar-refractivity contribution is -0.130. The van der Waals surface area contributed by atoms with E-state index in [2.05, 4.69) is 54.6 Å². The van der Waals surface area contributed by atoms with E-state index < -0.39 is 0 Å². The fourth-order valence-corrected chi connectivity index (χ4v) is 5.57. The van der Waals surface area contributed by atoms with Gasteiger partial charge in [0.2, 0.25) is 5.91 Å². The molecule has 5 rings (SSSR count). The first-order valence-electron chi connectivity index (χ1n) is 13.8. The first-order chi connectivity index (χ1) is 18.7. The van der Waals surface area contributed by atoms with Crippen LogP contribution >= 0.6 is 11.8 Å². The van der Waals surface area contributed by atoms with Crippen molar-refractivity contribution >= 4 is 40.7 Å². The smallest absolute Gasteiger partial charge is 0.236 e. The molecule has 3 fully saturated rings. The number of carbonyl (C=O) groups is 1. The highest BCUT2D eigenvalue weighted by Crippen LogP contribution is 2.25. The van der Waals surface area contributed by atoms with E-state index >= 15 is 0 Å². The number of morpholine rings is 1. The highest BCUT2D eigenvalue weighted by Gasteiger charge is 2.23. The molecule has 3 aliphatic rings. The maximum atomic E-state index is 12.7. The summed E-state index contributed by atoms with van der Waals surface area (Å²) in [7, 11) is 0. The molecular weight excluding hydrogens is 500 g/mol. The standard InChI is InChI=1S/C27H40N8O2S/c1-38-27-30-24(29-22-4-6-23(7-5-22)33-16-18-37-19-17-33)20-25(31-27)34-12-14-35(15-13-34)26(36)21-28-8-11-32-9-2-3-10-32/h4-7,20,28H,2-3,8-19,21H2,1H3,(H,29,30,31). The van der Waals surface area contributed by atoms with Crippen molar-refractivity contribution in [2.45, 2.75) is 18.0 Å². The SMILES string of the molecule is CSc1nc(Nc2ccc(N3CCOCC3)cc2)cc(N2CCN(C(=O)CNCCN3CCCC3)CC2)n1. The Bertz CT molecular complexity index is 1040. The number of carbonyl (C=O) groups excluding carboxylic acids is 1. The summed E-state index contributed by atoms with van der Waals surface area (Å²) >= 11 is 1.53. The molecule has 38 heavy (non-hydrogen) atoms. The fourth-order valence-electron chi connectivity index (χ4n) is 5.19. The number of piperazine rings is 1. The summed E-state index contributed by atoms with van der Waals surface area (Å²) in [6.45, 7) is 11.0. The molecule has 11 heteroatoms. The predicted octanol–water partition coefficient (Wildman–Crippen LogP) is 2.11. The number of hydrogen-bond acceptors (Lipinski definition) is 10. The van der Waals surface area contributed by atoms with E-state index in [1.54, 1.807) is 0 Å². The van der Waals surface area contributed by atoms with Crippen LogP contribution in [0.25, 0.3) is 0 Å². The fraction of sp³-hybridized carbons (Fsp3) is 0.593. The maximum absolute atomic E-state index is 12.7. The Hall–Kier alpha value is -2.60. The summed E-state index contributed by atoms with van der Waals surface area (Å²) in [4.78, 5) is 31.2. The molecule has 1 amide bonds. The van der Waals surface area contributed by atoms with Gasteiger partial charge >= 0.3 is 0 Å². The molecule has 10 nitrogen and oxygen atoms in total. The van der Waals surface area contributed by atoms with Gasteiger partial charge in [-0.15, -0.1) is 0 Å². The van der Waals surface area contributed by atoms with E-state index in [4.69, 9.17) is 9.72 Å². The highest BCUT2D eigenvalue weighted by molar-refractivity contribution is 7.98. The zero-order valence-corrected chi connectivity index (χ0v) is 23.2. The van der Waals surface area contributed by atoms with Crippen LogP contribution in [0.15, 0.2) is 35.5 Å². The number of thioether (sulfide) groups is 1. The van der Waals surface area contributed by atoms with Gasteiger partial charge in [0.05, 0.1) is 19.8 Å². The second-order valence-corrected chi connectivity index (χ2v) is 10.7. The van der Waals surface area contributed by atoms with Crippen LogP contribution in [0, 0.1) is 0 Å². The van der Waals surface area contributed by atoms with Crippen molar-refractivity contribution in [2.24, 2.45) is 0 Å². The van der Waals surface area contributed by atoms with Gasteiger partial charge in [0, 0.05) is 69.8 Å². The van der Waals surface area contributed by atoms with Crippen molar-refractivity contribution < 1.29 is 9.53 Å². The largest absolute Gasteiger partial charge is 0.378 e. The zero-order valence-electron chi connectivity index (χ0n) is 22.4. The number of aromatic nitrogens is 2. The minimum Gasteiger partial charge on any atom is -0.378 e. The van der Waals surface area contributed by atoms with Crippen molar-refractivity contribution in [3.63, 3.8) is 0 Å². The Morgan fingerprint density at radius 2 is 1.68 bits per heavy atom. The molecule has 3 saturated heterocycles. The minimum absolute atomic E-state index is 0.182. The Morgan fingerprint density at radius 3 is 2.39 bits per heavy atom. The summed E-state index contributed by atoms with van der Waals surface area (Å²) in [5, 5.41) is 7.52. The molecule has 0 saturated carbocycles. The number of benzene rings is 1. The lowest BCUT2D eigenvalue weighted by atomic mass is 10.2. The number of ether oxygens (including phenoxy) is 1. The van der Waals surface area contributed by atoms with E-state index in [-0.39, 0.29) is 5.91 Å². The van der Waals surface area contributed by atoms with Gasteiger partial charge in [0.15, 0.2) is 5.16 Å². The number of nitrogens with zero attached hydrogens (tertiary/aromatic N) is 6. The second-order valence-electron chi connectivity index (χ2n) is 9.96. The molecule has 1 aromatic heterocycles. The van der Waals surface area contributed by atoms with E-state index in [9.17, 15) is 4.79 Å².